The molecule has 1 aromatic heterocycles. The van der Waals surface area contributed by atoms with Crippen molar-refractivity contribution in [1.82, 2.24) is 25.9 Å². The summed E-state index contributed by atoms with van der Waals surface area (Å²) >= 11 is 0. The van der Waals surface area contributed by atoms with E-state index in [0.717, 1.165) is 0 Å². The number of aliphatic carboxylic acids is 3. The molecule has 0 fully saturated rings. The van der Waals surface area contributed by atoms with Gasteiger partial charge in [-0.3, -0.25) is 24.0 Å². The van der Waals surface area contributed by atoms with E-state index in [-0.39, 0.29) is 12.8 Å². The number of rotatable bonds is 15. The highest BCUT2D eigenvalue weighted by atomic mass is 16.4. The smallest absolute Gasteiger partial charge is 0.326 e. The predicted octanol–water partition coefficient (Wildman–Crippen LogP) is -1.99. The van der Waals surface area contributed by atoms with Crippen LogP contribution in [0.2, 0.25) is 0 Å². The van der Waals surface area contributed by atoms with Crippen LogP contribution in [0.3, 0.4) is 0 Å². The second kappa shape index (κ2) is 14.1. The number of nitrogens with two attached hydrogens (primary N) is 1. The zero-order valence-corrected chi connectivity index (χ0v) is 20.0. The average molecular weight is 533 g/mol. The van der Waals surface area contributed by atoms with Crippen LogP contribution in [0.1, 0.15) is 24.1 Å². The summed E-state index contributed by atoms with van der Waals surface area (Å²) in [5, 5.41) is 34.4. The monoisotopic (exact) mass is 532 g/mol. The Bertz CT molecular complexity index is 1140. The Morgan fingerprint density at radius 3 is 1.79 bits per heavy atom. The van der Waals surface area contributed by atoms with Gasteiger partial charge in [0.2, 0.25) is 17.7 Å². The molecular weight excluding hydrogens is 504 g/mol. The number of carboxylic acids is 3. The number of hydrogen-bond acceptors (Lipinski definition) is 8. The molecule has 1 heterocycles. The number of benzene rings is 1. The molecule has 0 saturated heterocycles. The summed E-state index contributed by atoms with van der Waals surface area (Å²) in [5.41, 5.74) is 6.90. The zero-order chi connectivity index (χ0) is 28.2. The second-order valence-corrected chi connectivity index (χ2v) is 8.29. The van der Waals surface area contributed by atoms with E-state index >= 15 is 0 Å². The quantitative estimate of drug-likeness (QED) is 0.125. The van der Waals surface area contributed by atoms with Crippen molar-refractivity contribution in [2.45, 2.75) is 49.9 Å². The number of amides is 3. The molecule has 3 amide bonds. The van der Waals surface area contributed by atoms with E-state index in [4.69, 9.17) is 5.73 Å². The van der Waals surface area contributed by atoms with E-state index in [1.165, 1.54) is 12.5 Å². The molecule has 0 spiro atoms. The fourth-order valence-corrected chi connectivity index (χ4v) is 3.37. The number of H-pyrrole nitrogens is 1. The predicted molar refractivity (Wildman–Crippen MR) is 128 cm³/mol. The molecule has 9 N–H and O–H groups in total. The van der Waals surface area contributed by atoms with Gasteiger partial charge in [0.25, 0.3) is 0 Å². The highest BCUT2D eigenvalue weighted by Crippen LogP contribution is 2.06. The second-order valence-electron chi connectivity index (χ2n) is 8.29. The van der Waals surface area contributed by atoms with Crippen LogP contribution in [0.5, 0.6) is 0 Å². The van der Waals surface area contributed by atoms with Gasteiger partial charge in [-0.25, -0.2) is 9.78 Å². The normalized spacial score (nSPS) is 13.8. The number of imidazole rings is 1. The molecular formula is C23H28N6O9. The number of carbonyl (C=O) groups excluding carboxylic acids is 3. The molecule has 0 aliphatic rings. The molecule has 15 heteroatoms. The highest BCUT2D eigenvalue weighted by Gasteiger charge is 2.32. The van der Waals surface area contributed by atoms with E-state index in [1.807, 2.05) is 0 Å². The van der Waals surface area contributed by atoms with Crippen LogP contribution in [0.15, 0.2) is 42.9 Å². The Balaban J connectivity index is 2.12. The number of aromatic nitrogens is 2. The Morgan fingerprint density at radius 2 is 1.32 bits per heavy atom. The highest BCUT2D eigenvalue weighted by molar-refractivity contribution is 5.96. The van der Waals surface area contributed by atoms with Gasteiger partial charge >= 0.3 is 17.9 Å². The van der Waals surface area contributed by atoms with Gasteiger partial charge in [-0.2, -0.15) is 0 Å². The third kappa shape index (κ3) is 9.69. The lowest BCUT2D eigenvalue weighted by molar-refractivity contribution is -0.145. The van der Waals surface area contributed by atoms with Gasteiger partial charge in [0.1, 0.15) is 18.1 Å². The summed E-state index contributed by atoms with van der Waals surface area (Å²) in [7, 11) is 0. The van der Waals surface area contributed by atoms with E-state index in [2.05, 4.69) is 25.9 Å². The number of carboxylic acid groups (broad SMARTS) is 3. The minimum Gasteiger partial charge on any atom is -0.481 e. The standard InChI is InChI=1S/C23H28N6O9/c24-14(7-13-10-25-11-26-13)20(34)27-15(8-18(30)31)21(35)28-16(9-19(32)33)22(36)29-17(23(37)38)6-12-4-2-1-3-5-12/h1-5,10-11,14-17H,6-9,24H2,(H,25,26)(H,27,34)(H,28,35)(H,29,36)(H,30,31)(H,32,33)(H,37,38). The molecule has 0 aliphatic carbocycles. The van der Waals surface area contributed by atoms with Crippen molar-refractivity contribution in [3.05, 3.63) is 54.1 Å². The van der Waals surface area contributed by atoms with E-state index < -0.39 is 72.6 Å². The molecule has 0 aliphatic heterocycles. The number of nitrogens with zero attached hydrogens (tertiary/aromatic N) is 1. The number of aromatic amines is 1. The Labute approximate surface area is 215 Å². The molecule has 2 rings (SSSR count). The average Bonchev–Trinajstić information content (AvgIpc) is 3.35. The Kier molecular flexibility index (Phi) is 10.9. The topological polar surface area (TPSA) is 254 Å². The first kappa shape index (κ1) is 29.4. The minimum absolute atomic E-state index is 0.00468. The van der Waals surface area contributed by atoms with Gasteiger partial charge in [0.15, 0.2) is 0 Å². The molecule has 15 nitrogen and oxygen atoms in total. The summed E-state index contributed by atoms with van der Waals surface area (Å²) in [5.74, 6) is -7.55. The van der Waals surface area contributed by atoms with Crippen LogP contribution >= 0.6 is 0 Å². The lowest BCUT2D eigenvalue weighted by atomic mass is 10.0. The molecule has 4 unspecified atom stereocenters. The molecule has 4 atom stereocenters. The third-order valence-corrected chi connectivity index (χ3v) is 5.25. The van der Waals surface area contributed by atoms with Crippen molar-refractivity contribution in [3.8, 4) is 0 Å². The molecule has 2 aromatic rings. The van der Waals surface area contributed by atoms with E-state index in [1.54, 1.807) is 30.3 Å². The summed E-state index contributed by atoms with van der Waals surface area (Å²) < 4.78 is 0. The van der Waals surface area contributed by atoms with Gasteiger partial charge in [-0.05, 0) is 5.56 Å². The fourth-order valence-electron chi connectivity index (χ4n) is 3.37. The minimum atomic E-state index is -1.77. The van der Waals surface area contributed by atoms with Crippen molar-refractivity contribution >= 4 is 35.6 Å². The zero-order valence-electron chi connectivity index (χ0n) is 20.0. The maximum absolute atomic E-state index is 12.8. The van der Waals surface area contributed by atoms with Crippen LogP contribution in [-0.2, 0) is 41.6 Å². The van der Waals surface area contributed by atoms with Gasteiger partial charge < -0.3 is 42.0 Å². The van der Waals surface area contributed by atoms with Crippen molar-refractivity contribution in [2.24, 2.45) is 5.73 Å². The summed E-state index contributed by atoms with van der Waals surface area (Å²) in [6.07, 6.45) is 0.815. The number of hydrogen-bond donors (Lipinski definition) is 8. The van der Waals surface area contributed by atoms with E-state index in [0.29, 0.717) is 11.3 Å². The summed E-state index contributed by atoms with van der Waals surface area (Å²) in [6.45, 7) is 0. The van der Waals surface area contributed by atoms with Crippen molar-refractivity contribution < 1.29 is 44.1 Å². The molecule has 0 bridgehead atoms. The van der Waals surface area contributed by atoms with Gasteiger partial charge in [0, 0.05) is 24.7 Å². The third-order valence-electron chi connectivity index (χ3n) is 5.25. The number of nitrogens with one attached hydrogen (secondary N) is 4. The molecule has 38 heavy (non-hydrogen) atoms. The molecule has 204 valence electrons. The first-order valence-corrected chi connectivity index (χ1v) is 11.3. The van der Waals surface area contributed by atoms with Crippen LogP contribution in [-0.4, -0.2) is 85.1 Å². The van der Waals surface area contributed by atoms with Crippen LogP contribution in [0.25, 0.3) is 0 Å². The van der Waals surface area contributed by atoms with E-state index in [9.17, 15) is 44.1 Å². The lowest BCUT2D eigenvalue weighted by Crippen LogP contribution is -2.58. The molecule has 0 radical (unpaired) electrons. The maximum atomic E-state index is 12.8. The molecule has 0 saturated carbocycles. The van der Waals surface area contributed by atoms with Gasteiger partial charge in [-0.15, -0.1) is 0 Å². The molecule has 1 aromatic carbocycles. The SMILES string of the molecule is NC(Cc1cnc[nH]1)C(=O)NC(CC(=O)O)C(=O)NC(CC(=O)O)C(=O)NC(Cc1ccccc1)C(=O)O. The summed E-state index contributed by atoms with van der Waals surface area (Å²) in [6, 6.07) is 2.19. The Hall–Kier alpha value is -4.79. The maximum Gasteiger partial charge on any atom is 0.326 e. The fraction of sp³-hybridized carbons (Fsp3) is 0.348. The lowest BCUT2D eigenvalue weighted by Gasteiger charge is -2.24. The van der Waals surface area contributed by atoms with Gasteiger partial charge in [0.05, 0.1) is 25.2 Å². The van der Waals surface area contributed by atoms with Crippen molar-refractivity contribution in [3.63, 3.8) is 0 Å². The number of carbonyl (C=O) groups is 6. The van der Waals surface area contributed by atoms with Crippen LogP contribution in [0.4, 0.5) is 0 Å². The van der Waals surface area contributed by atoms with Crippen molar-refractivity contribution in [1.29, 1.82) is 0 Å². The van der Waals surface area contributed by atoms with Gasteiger partial charge in [-0.1, -0.05) is 30.3 Å². The largest absolute Gasteiger partial charge is 0.481 e. The van der Waals surface area contributed by atoms with Crippen LogP contribution < -0.4 is 21.7 Å². The van der Waals surface area contributed by atoms with Crippen molar-refractivity contribution in [2.75, 3.05) is 0 Å². The van der Waals surface area contributed by atoms with Crippen LogP contribution in [0, 0.1) is 0 Å². The first-order chi connectivity index (χ1) is 18.0. The Morgan fingerprint density at radius 1 is 0.789 bits per heavy atom. The first-order valence-electron chi connectivity index (χ1n) is 11.3. The summed E-state index contributed by atoms with van der Waals surface area (Å²) in [4.78, 5) is 78.9.